The Balaban J connectivity index is 1.60. The molecule has 1 saturated heterocycles. The third kappa shape index (κ3) is 4.42. The van der Waals surface area contributed by atoms with E-state index in [1.807, 2.05) is 31.2 Å². The molecule has 1 fully saturated rings. The van der Waals surface area contributed by atoms with E-state index in [2.05, 4.69) is 32.3 Å². The van der Waals surface area contributed by atoms with Crippen LogP contribution in [0.2, 0.25) is 0 Å². The van der Waals surface area contributed by atoms with Gasteiger partial charge in [-0.05, 0) is 25.3 Å². The Morgan fingerprint density at radius 1 is 1.27 bits per heavy atom. The number of aryl methyl sites for hydroxylation is 1. The summed E-state index contributed by atoms with van der Waals surface area (Å²) in [5, 5.41) is 4.30. The van der Waals surface area contributed by atoms with Gasteiger partial charge in [0.25, 0.3) is 5.91 Å². The van der Waals surface area contributed by atoms with E-state index in [0.29, 0.717) is 32.3 Å². The lowest BCUT2D eigenvalue weighted by atomic mass is 10.2. The molecule has 1 N–H and O–H groups in total. The molecule has 1 aromatic carbocycles. The lowest BCUT2D eigenvalue weighted by Gasteiger charge is -2.29. The fourth-order valence-corrected chi connectivity index (χ4v) is 3.57. The van der Waals surface area contributed by atoms with Crippen molar-refractivity contribution < 1.29 is 9.53 Å². The Morgan fingerprint density at radius 3 is 2.87 bits per heavy atom. The Bertz CT molecular complexity index is 1030. The number of nitrogens with zero attached hydrogens (tertiary/aromatic N) is 5. The first kappa shape index (κ1) is 19.9. The monoisotopic (exact) mass is 404 g/mol. The Hall–Kier alpha value is -3.44. The van der Waals surface area contributed by atoms with Crippen molar-refractivity contribution in [2.45, 2.75) is 26.9 Å². The molecule has 0 bridgehead atoms. The molecule has 0 atom stereocenters. The second-order valence-corrected chi connectivity index (χ2v) is 7.22. The van der Waals surface area contributed by atoms with Gasteiger partial charge in [0.1, 0.15) is 5.82 Å². The molecule has 2 aliphatic heterocycles. The van der Waals surface area contributed by atoms with E-state index in [4.69, 9.17) is 9.72 Å². The zero-order chi connectivity index (χ0) is 20.9. The number of benzene rings is 1. The highest BCUT2D eigenvalue weighted by atomic mass is 16.5. The standard InChI is InChI=1S/C22H24N6O2/c1-3-5-20(29)28-14-18-19(15-28)24-22(25-21(18)27-8-10-30-11-9-27)26-23-13-17-7-4-6-16(2)12-17/h4,6-7,12-13H,8-11,14-15H2,1-2H3,(H,24,25,26)/b23-13+. The number of hydrogen-bond donors (Lipinski definition) is 1. The normalized spacial score (nSPS) is 15.7. The number of carbonyl (C=O) groups is 1. The molecule has 3 heterocycles. The van der Waals surface area contributed by atoms with Gasteiger partial charge in [0.15, 0.2) is 0 Å². The van der Waals surface area contributed by atoms with Crippen LogP contribution in [-0.4, -0.2) is 53.3 Å². The maximum Gasteiger partial charge on any atom is 0.299 e. The first-order valence-corrected chi connectivity index (χ1v) is 9.94. The van der Waals surface area contributed by atoms with Gasteiger partial charge in [-0.15, -0.1) is 0 Å². The summed E-state index contributed by atoms with van der Waals surface area (Å²) in [7, 11) is 0. The number of hydrogen-bond acceptors (Lipinski definition) is 7. The molecule has 8 heteroatoms. The van der Waals surface area contributed by atoms with Gasteiger partial charge in [-0.2, -0.15) is 10.1 Å². The summed E-state index contributed by atoms with van der Waals surface area (Å²) in [6, 6.07) is 8.06. The van der Waals surface area contributed by atoms with E-state index < -0.39 is 0 Å². The van der Waals surface area contributed by atoms with Crippen LogP contribution in [-0.2, 0) is 22.6 Å². The van der Waals surface area contributed by atoms with E-state index in [9.17, 15) is 4.79 Å². The molecule has 154 valence electrons. The van der Waals surface area contributed by atoms with Crippen LogP contribution in [0.25, 0.3) is 0 Å². The van der Waals surface area contributed by atoms with Crippen molar-refractivity contribution in [1.29, 1.82) is 0 Å². The van der Waals surface area contributed by atoms with Gasteiger partial charge in [0, 0.05) is 18.7 Å². The quantitative estimate of drug-likeness (QED) is 0.476. The largest absolute Gasteiger partial charge is 0.378 e. The lowest BCUT2D eigenvalue weighted by molar-refractivity contribution is -0.125. The zero-order valence-electron chi connectivity index (χ0n) is 17.2. The minimum Gasteiger partial charge on any atom is -0.378 e. The first-order chi connectivity index (χ1) is 14.6. The first-order valence-electron chi connectivity index (χ1n) is 9.94. The highest BCUT2D eigenvalue weighted by Gasteiger charge is 2.30. The van der Waals surface area contributed by atoms with E-state index in [1.54, 1.807) is 18.0 Å². The maximum atomic E-state index is 12.3. The van der Waals surface area contributed by atoms with E-state index >= 15 is 0 Å². The summed E-state index contributed by atoms with van der Waals surface area (Å²) < 4.78 is 5.48. The van der Waals surface area contributed by atoms with Gasteiger partial charge in [0.05, 0.1) is 38.2 Å². The van der Waals surface area contributed by atoms with Crippen molar-refractivity contribution in [3.05, 3.63) is 46.6 Å². The molecule has 0 unspecified atom stereocenters. The number of rotatable bonds is 4. The Kier molecular flexibility index (Phi) is 5.91. The van der Waals surface area contributed by atoms with Gasteiger partial charge in [-0.1, -0.05) is 35.7 Å². The number of anilines is 2. The number of fused-ring (bicyclic) bond motifs is 1. The summed E-state index contributed by atoms with van der Waals surface area (Å²) in [6.45, 7) is 7.37. The number of aromatic nitrogens is 2. The van der Waals surface area contributed by atoms with Crippen LogP contribution in [0, 0.1) is 18.8 Å². The van der Waals surface area contributed by atoms with Crippen LogP contribution in [0.4, 0.5) is 11.8 Å². The number of morpholine rings is 1. The predicted molar refractivity (Wildman–Crippen MR) is 115 cm³/mol. The highest BCUT2D eigenvalue weighted by molar-refractivity contribution is 5.93. The summed E-state index contributed by atoms with van der Waals surface area (Å²) in [5.74, 6) is 6.32. The minimum atomic E-state index is -0.199. The van der Waals surface area contributed by atoms with Gasteiger partial charge < -0.3 is 14.5 Å². The molecule has 4 rings (SSSR count). The molecular formula is C22H24N6O2. The third-order valence-corrected chi connectivity index (χ3v) is 5.01. The van der Waals surface area contributed by atoms with Crippen LogP contribution < -0.4 is 10.3 Å². The number of hydrazone groups is 1. The number of carbonyl (C=O) groups excluding carboxylic acids is 1. The topological polar surface area (TPSA) is 83.0 Å². The van der Waals surface area contributed by atoms with Crippen LogP contribution in [0.5, 0.6) is 0 Å². The molecule has 2 aliphatic rings. The van der Waals surface area contributed by atoms with E-state index in [-0.39, 0.29) is 5.91 Å². The predicted octanol–water partition coefficient (Wildman–Crippen LogP) is 1.93. The number of nitrogens with one attached hydrogen (secondary N) is 1. The van der Waals surface area contributed by atoms with Crippen molar-refractivity contribution in [2.75, 3.05) is 36.6 Å². The lowest BCUT2D eigenvalue weighted by Crippen LogP contribution is -2.37. The smallest absolute Gasteiger partial charge is 0.299 e. The molecular weight excluding hydrogens is 380 g/mol. The van der Waals surface area contributed by atoms with Crippen LogP contribution >= 0.6 is 0 Å². The van der Waals surface area contributed by atoms with Gasteiger partial charge in [-0.25, -0.2) is 10.4 Å². The molecule has 2 aromatic rings. The molecule has 0 radical (unpaired) electrons. The van der Waals surface area contributed by atoms with Gasteiger partial charge >= 0.3 is 0 Å². The molecule has 0 saturated carbocycles. The third-order valence-electron chi connectivity index (χ3n) is 5.01. The van der Waals surface area contributed by atoms with Gasteiger partial charge in [0.2, 0.25) is 5.95 Å². The van der Waals surface area contributed by atoms with Crippen LogP contribution in [0.3, 0.4) is 0 Å². The van der Waals surface area contributed by atoms with Gasteiger partial charge in [-0.3, -0.25) is 4.79 Å². The van der Waals surface area contributed by atoms with Crippen LogP contribution in [0.15, 0.2) is 29.4 Å². The second-order valence-electron chi connectivity index (χ2n) is 7.22. The van der Waals surface area contributed by atoms with Crippen molar-refractivity contribution in [3.8, 4) is 11.8 Å². The van der Waals surface area contributed by atoms with E-state index in [0.717, 1.165) is 35.7 Å². The summed E-state index contributed by atoms with van der Waals surface area (Å²) in [5.41, 5.74) is 6.90. The fourth-order valence-electron chi connectivity index (χ4n) is 3.57. The zero-order valence-corrected chi connectivity index (χ0v) is 17.2. The summed E-state index contributed by atoms with van der Waals surface area (Å²) >= 11 is 0. The molecule has 1 aromatic heterocycles. The Morgan fingerprint density at radius 2 is 2.10 bits per heavy atom. The summed E-state index contributed by atoms with van der Waals surface area (Å²) in [4.78, 5) is 25.5. The molecule has 8 nitrogen and oxygen atoms in total. The average molecular weight is 404 g/mol. The van der Waals surface area contributed by atoms with E-state index in [1.165, 1.54) is 5.56 Å². The molecule has 0 spiro atoms. The van der Waals surface area contributed by atoms with Crippen molar-refractivity contribution in [1.82, 2.24) is 14.9 Å². The highest BCUT2D eigenvalue weighted by Crippen LogP contribution is 2.31. The molecule has 1 amide bonds. The maximum absolute atomic E-state index is 12.3. The fraction of sp³-hybridized carbons (Fsp3) is 0.364. The van der Waals surface area contributed by atoms with Crippen molar-refractivity contribution in [2.24, 2.45) is 5.10 Å². The van der Waals surface area contributed by atoms with Crippen molar-refractivity contribution in [3.63, 3.8) is 0 Å². The second kappa shape index (κ2) is 8.93. The minimum absolute atomic E-state index is 0.199. The number of amides is 1. The SMILES string of the molecule is CC#CC(=O)N1Cc2nc(N/N=C/c3cccc(C)c3)nc(N3CCOCC3)c2C1. The molecule has 0 aliphatic carbocycles. The summed E-state index contributed by atoms with van der Waals surface area (Å²) in [6.07, 6.45) is 1.74. The Labute approximate surface area is 176 Å². The average Bonchev–Trinajstić information content (AvgIpc) is 3.18. The number of ether oxygens (including phenoxy) is 1. The molecule has 30 heavy (non-hydrogen) atoms. The van der Waals surface area contributed by atoms with Crippen LogP contribution in [0.1, 0.15) is 29.3 Å². The van der Waals surface area contributed by atoms with Crippen molar-refractivity contribution >= 4 is 23.9 Å².